The van der Waals surface area contributed by atoms with E-state index in [9.17, 15) is 13.2 Å². The SMILES string of the molecule is CCCS(=O)(=O)N[C@@H](CCSC)C(=O)O. The Morgan fingerprint density at radius 2 is 2.13 bits per heavy atom. The van der Waals surface area contributed by atoms with Crippen molar-refractivity contribution in [1.82, 2.24) is 4.72 Å². The van der Waals surface area contributed by atoms with Crippen molar-refractivity contribution in [3.8, 4) is 0 Å². The molecule has 0 rings (SSSR count). The van der Waals surface area contributed by atoms with E-state index in [1.807, 2.05) is 6.26 Å². The van der Waals surface area contributed by atoms with Gasteiger partial charge in [0, 0.05) is 0 Å². The Kier molecular flexibility index (Phi) is 6.95. The topological polar surface area (TPSA) is 83.5 Å². The number of aliphatic carboxylic acids is 1. The van der Waals surface area contributed by atoms with Gasteiger partial charge in [0.2, 0.25) is 10.0 Å². The summed E-state index contributed by atoms with van der Waals surface area (Å²) >= 11 is 1.49. The summed E-state index contributed by atoms with van der Waals surface area (Å²) in [5.41, 5.74) is 0. The lowest BCUT2D eigenvalue weighted by Gasteiger charge is -2.13. The van der Waals surface area contributed by atoms with E-state index in [4.69, 9.17) is 5.11 Å². The van der Waals surface area contributed by atoms with Crippen molar-refractivity contribution in [2.45, 2.75) is 25.8 Å². The van der Waals surface area contributed by atoms with Crippen LogP contribution < -0.4 is 4.72 Å². The molecule has 0 aliphatic heterocycles. The van der Waals surface area contributed by atoms with Crippen molar-refractivity contribution in [1.29, 1.82) is 0 Å². The first-order valence-corrected chi connectivity index (χ1v) is 7.69. The minimum Gasteiger partial charge on any atom is -0.480 e. The lowest BCUT2D eigenvalue weighted by molar-refractivity contribution is -0.139. The van der Waals surface area contributed by atoms with Crippen molar-refractivity contribution < 1.29 is 18.3 Å². The van der Waals surface area contributed by atoms with Gasteiger partial charge in [0.05, 0.1) is 5.75 Å². The molecule has 15 heavy (non-hydrogen) atoms. The highest BCUT2D eigenvalue weighted by atomic mass is 32.2. The van der Waals surface area contributed by atoms with Crippen LogP contribution in [0.15, 0.2) is 0 Å². The third-order valence-corrected chi connectivity index (χ3v) is 3.94. The monoisotopic (exact) mass is 255 g/mol. The van der Waals surface area contributed by atoms with Gasteiger partial charge in [-0.05, 0) is 24.9 Å². The first-order valence-electron chi connectivity index (χ1n) is 4.64. The molecule has 0 saturated heterocycles. The van der Waals surface area contributed by atoms with E-state index < -0.39 is 22.0 Å². The summed E-state index contributed by atoms with van der Waals surface area (Å²) < 4.78 is 24.8. The Morgan fingerprint density at radius 3 is 2.53 bits per heavy atom. The van der Waals surface area contributed by atoms with Crippen LogP contribution >= 0.6 is 11.8 Å². The van der Waals surface area contributed by atoms with Crippen LogP contribution in [0.2, 0.25) is 0 Å². The van der Waals surface area contributed by atoms with Gasteiger partial charge in [0.1, 0.15) is 6.04 Å². The number of carbonyl (C=O) groups is 1. The minimum atomic E-state index is -3.45. The molecule has 0 unspecified atom stereocenters. The molecule has 0 aliphatic rings. The average molecular weight is 255 g/mol. The number of rotatable bonds is 8. The van der Waals surface area contributed by atoms with Crippen LogP contribution in [-0.4, -0.2) is 43.3 Å². The molecule has 5 nitrogen and oxygen atoms in total. The van der Waals surface area contributed by atoms with Gasteiger partial charge in [-0.1, -0.05) is 6.92 Å². The first kappa shape index (κ1) is 14.7. The molecule has 0 fully saturated rings. The Bertz CT molecular complexity index is 289. The summed E-state index contributed by atoms with van der Waals surface area (Å²) in [7, 11) is -3.45. The smallest absolute Gasteiger partial charge is 0.321 e. The van der Waals surface area contributed by atoms with E-state index in [1.54, 1.807) is 6.92 Å². The molecule has 0 aliphatic carbocycles. The van der Waals surface area contributed by atoms with Gasteiger partial charge in [-0.25, -0.2) is 13.1 Å². The predicted molar refractivity (Wildman–Crippen MR) is 61.6 cm³/mol. The van der Waals surface area contributed by atoms with Crippen molar-refractivity contribution in [3.05, 3.63) is 0 Å². The quantitative estimate of drug-likeness (QED) is 0.660. The molecule has 0 radical (unpaired) electrons. The molecule has 0 heterocycles. The van der Waals surface area contributed by atoms with E-state index in [-0.39, 0.29) is 5.75 Å². The standard InChI is InChI=1S/C8H17NO4S2/c1-3-6-15(12,13)9-7(8(10)11)4-5-14-2/h7,9H,3-6H2,1-2H3,(H,10,11)/t7-/m0/s1. The Hall–Kier alpha value is -0.270. The second-order valence-corrected chi connectivity index (χ2v) is 5.97. The van der Waals surface area contributed by atoms with Gasteiger partial charge in [-0.2, -0.15) is 11.8 Å². The van der Waals surface area contributed by atoms with E-state index >= 15 is 0 Å². The Morgan fingerprint density at radius 1 is 1.53 bits per heavy atom. The molecule has 0 aromatic rings. The third-order valence-electron chi connectivity index (χ3n) is 1.70. The molecular formula is C8H17NO4S2. The molecule has 0 spiro atoms. The number of thioether (sulfide) groups is 1. The molecule has 7 heteroatoms. The first-order chi connectivity index (χ1) is 6.93. The molecule has 2 N–H and O–H groups in total. The summed E-state index contributed by atoms with van der Waals surface area (Å²) in [6.45, 7) is 1.73. The van der Waals surface area contributed by atoms with Crippen LogP contribution in [0.5, 0.6) is 0 Å². The summed E-state index contributed by atoms with van der Waals surface area (Å²) in [6, 6.07) is -1.01. The molecule has 0 aromatic carbocycles. The van der Waals surface area contributed by atoms with Gasteiger partial charge < -0.3 is 5.11 Å². The highest BCUT2D eigenvalue weighted by Gasteiger charge is 2.22. The third kappa shape index (κ3) is 6.75. The largest absolute Gasteiger partial charge is 0.480 e. The normalized spacial score (nSPS) is 13.7. The fourth-order valence-electron chi connectivity index (χ4n) is 1.01. The fraction of sp³-hybridized carbons (Fsp3) is 0.875. The fourth-order valence-corrected chi connectivity index (χ4v) is 2.79. The number of hydrogen-bond acceptors (Lipinski definition) is 4. The van der Waals surface area contributed by atoms with Crippen LogP contribution in [0.1, 0.15) is 19.8 Å². The summed E-state index contributed by atoms with van der Waals surface area (Å²) in [5.74, 6) is -0.537. The van der Waals surface area contributed by atoms with E-state index in [1.165, 1.54) is 11.8 Å². The zero-order valence-electron chi connectivity index (χ0n) is 8.89. The molecule has 0 saturated carbocycles. The molecular weight excluding hydrogens is 238 g/mol. The molecule has 1 atom stereocenters. The van der Waals surface area contributed by atoms with Crippen LogP contribution in [0, 0.1) is 0 Å². The van der Waals surface area contributed by atoms with Crippen LogP contribution in [0.4, 0.5) is 0 Å². The maximum absolute atomic E-state index is 11.3. The second-order valence-electron chi connectivity index (χ2n) is 3.11. The van der Waals surface area contributed by atoms with Crippen molar-refractivity contribution in [3.63, 3.8) is 0 Å². The van der Waals surface area contributed by atoms with Crippen LogP contribution in [-0.2, 0) is 14.8 Å². The number of carboxylic acid groups (broad SMARTS) is 1. The lowest BCUT2D eigenvalue weighted by Crippen LogP contribution is -2.42. The minimum absolute atomic E-state index is 0.0317. The van der Waals surface area contributed by atoms with E-state index in [0.29, 0.717) is 18.6 Å². The van der Waals surface area contributed by atoms with Crippen molar-refractivity contribution in [2.75, 3.05) is 17.8 Å². The van der Waals surface area contributed by atoms with Crippen molar-refractivity contribution in [2.24, 2.45) is 0 Å². The summed E-state index contributed by atoms with van der Waals surface area (Å²) in [5, 5.41) is 8.80. The zero-order valence-corrected chi connectivity index (χ0v) is 10.5. The number of nitrogens with one attached hydrogen (secondary N) is 1. The van der Waals surface area contributed by atoms with Crippen molar-refractivity contribution >= 4 is 27.8 Å². The zero-order chi connectivity index (χ0) is 11.9. The predicted octanol–water partition coefficient (Wildman–Crippen LogP) is 0.522. The average Bonchev–Trinajstić information content (AvgIpc) is 2.11. The van der Waals surface area contributed by atoms with Gasteiger partial charge in [-0.15, -0.1) is 0 Å². The van der Waals surface area contributed by atoms with Crippen LogP contribution in [0.3, 0.4) is 0 Å². The van der Waals surface area contributed by atoms with E-state index in [2.05, 4.69) is 4.72 Å². The van der Waals surface area contributed by atoms with Gasteiger partial charge in [0.25, 0.3) is 0 Å². The molecule has 0 bridgehead atoms. The summed E-state index contributed by atoms with van der Waals surface area (Å²) in [6.07, 6.45) is 2.63. The lowest BCUT2D eigenvalue weighted by atomic mass is 10.2. The molecule has 0 amide bonds. The summed E-state index contributed by atoms with van der Waals surface area (Å²) in [4.78, 5) is 10.8. The maximum atomic E-state index is 11.3. The molecule has 0 aromatic heterocycles. The highest BCUT2D eigenvalue weighted by Crippen LogP contribution is 2.03. The number of sulfonamides is 1. The highest BCUT2D eigenvalue weighted by molar-refractivity contribution is 7.98. The molecule has 90 valence electrons. The number of carboxylic acids is 1. The second kappa shape index (κ2) is 7.08. The van der Waals surface area contributed by atoms with Gasteiger partial charge in [0.15, 0.2) is 0 Å². The Labute approximate surface area is 94.7 Å². The Balaban J connectivity index is 4.34. The number of hydrogen-bond donors (Lipinski definition) is 2. The van der Waals surface area contributed by atoms with Gasteiger partial charge >= 0.3 is 5.97 Å². The van der Waals surface area contributed by atoms with Crippen LogP contribution in [0.25, 0.3) is 0 Å². The van der Waals surface area contributed by atoms with E-state index in [0.717, 1.165) is 0 Å². The van der Waals surface area contributed by atoms with Gasteiger partial charge in [-0.3, -0.25) is 4.79 Å². The maximum Gasteiger partial charge on any atom is 0.321 e.